The van der Waals surface area contributed by atoms with E-state index in [1.54, 1.807) is 6.33 Å². The molecule has 0 saturated carbocycles. The van der Waals surface area contributed by atoms with Crippen LogP contribution in [0, 0.1) is 0 Å². The molecule has 2 rings (SSSR count). The third-order valence-electron chi connectivity index (χ3n) is 3.23. The van der Waals surface area contributed by atoms with E-state index in [-0.39, 0.29) is 0 Å². The van der Waals surface area contributed by atoms with E-state index in [2.05, 4.69) is 50.0 Å². The fourth-order valence-electron chi connectivity index (χ4n) is 2.06. The lowest BCUT2D eigenvalue weighted by Crippen LogP contribution is -2.28. The van der Waals surface area contributed by atoms with E-state index in [1.165, 1.54) is 0 Å². The molecule has 4 nitrogen and oxygen atoms in total. The molecule has 1 aromatic carbocycles. The Morgan fingerprint density at radius 1 is 1.21 bits per heavy atom. The number of rotatable bonds is 6. The largest absolute Gasteiger partial charge is 0.368 e. The van der Waals surface area contributed by atoms with Gasteiger partial charge in [-0.3, -0.25) is 0 Å². The first kappa shape index (κ1) is 14.2. The standard InChI is InChI=1S/C14H19BrN4/c1-3-19(4-2)9-8-16-14-11-6-5-7-12(15)13(11)17-10-18-14/h5-7,10H,3-4,8-9H2,1-2H3,(H,16,17,18). The highest BCUT2D eigenvalue weighted by molar-refractivity contribution is 9.10. The molecule has 0 aliphatic rings. The van der Waals surface area contributed by atoms with Crippen molar-refractivity contribution in [3.8, 4) is 0 Å². The van der Waals surface area contributed by atoms with Crippen molar-refractivity contribution < 1.29 is 0 Å². The number of aromatic nitrogens is 2. The Bertz CT molecular complexity index is 540. The summed E-state index contributed by atoms with van der Waals surface area (Å²) in [5.41, 5.74) is 0.947. The van der Waals surface area contributed by atoms with Crippen LogP contribution in [0.4, 0.5) is 5.82 Å². The minimum absolute atomic E-state index is 0.889. The monoisotopic (exact) mass is 322 g/mol. The van der Waals surface area contributed by atoms with Crippen molar-refractivity contribution in [2.45, 2.75) is 13.8 Å². The van der Waals surface area contributed by atoms with Crippen LogP contribution in [0.5, 0.6) is 0 Å². The minimum atomic E-state index is 0.889. The highest BCUT2D eigenvalue weighted by Crippen LogP contribution is 2.25. The fraction of sp³-hybridized carbons (Fsp3) is 0.429. The maximum absolute atomic E-state index is 4.33. The number of fused-ring (bicyclic) bond motifs is 1. The Balaban J connectivity index is 2.11. The van der Waals surface area contributed by atoms with E-state index < -0.39 is 0 Å². The molecule has 0 radical (unpaired) electrons. The molecular weight excluding hydrogens is 304 g/mol. The van der Waals surface area contributed by atoms with Crippen molar-refractivity contribution in [3.63, 3.8) is 0 Å². The SMILES string of the molecule is CCN(CC)CCNc1ncnc2c(Br)cccc12. The normalized spacial score (nSPS) is 11.2. The highest BCUT2D eigenvalue weighted by atomic mass is 79.9. The summed E-state index contributed by atoms with van der Waals surface area (Å²) in [7, 11) is 0. The van der Waals surface area contributed by atoms with Crippen LogP contribution in [0.2, 0.25) is 0 Å². The molecule has 0 atom stereocenters. The zero-order valence-electron chi connectivity index (χ0n) is 11.4. The van der Waals surface area contributed by atoms with E-state index in [0.717, 1.165) is 47.4 Å². The van der Waals surface area contributed by atoms with Crippen LogP contribution in [0.3, 0.4) is 0 Å². The van der Waals surface area contributed by atoms with Crippen LogP contribution in [0.1, 0.15) is 13.8 Å². The number of nitrogens with zero attached hydrogens (tertiary/aromatic N) is 3. The molecule has 0 aliphatic heterocycles. The van der Waals surface area contributed by atoms with Gasteiger partial charge in [-0.05, 0) is 41.2 Å². The van der Waals surface area contributed by atoms with Gasteiger partial charge < -0.3 is 10.2 Å². The average Bonchev–Trinajstić information content (AvgIpc) is 2.44. The predicted molar refractivity (Wildman–Crippen MR) is 83.5 cm³/mol. The summed E-state index contributed by atoms with van der Waals surface area (Å²) < 4.78 is 0.999. The van der Waals surface area contributed by atoms with Gasteiger partial charge in [0.1, 0.15) is 12.1 Å². The Hall–Kier alpha value is -1.20. The summed E-state index contributed by atoms with van der Waals surface area (Å²) in [5.74, 6) is 0.901. The summed E-state index contributed by atoms with van der Waals surface area (Å²) in [4.78, 5) is 11.0. The molecule has 1 N–H and O–H groups in total. The van der Waals surface area contributed by atoms with Gasteiger partial charge in [-0.25, -0.2) is 9.97 Å². The Morgan fingerprint density at radius 3 is 2.74 bits per heavy atom. The molecule has 1 heterocycles. The summed E-state index contributed by atoms with van der Waals surface area (Å²) in [5, 5.41) is 4.45. The van der Waals surface area contributed by atoms with E-state index in [9.17, 15) is 0 Å². The summed E-state index contributed by atoms with van der Waals surface area (Å²) in [6.45, 7) is 8.43. The van der Waals surface area contributed by atoms with Crippen LogP contribution in [0.25, 0.3) is 10.9 Å². The van der Waals surface area contributed by atoms with E-state index in [0.29, 0.717) is 0 Å². The molecule has 0 unspecified atom stereocenters. The zero-order valence-corrected chi connectivity index (χ0v) is 12.9. The molecule has 0 aliphatic carbocycles. The quantitative estimate of drug-likeness (QED) is 0.887. The first-order valence-electron chi connectivity index (χ1n) is 6.61. The number of hydrogen-bond acceptors (Lipinski definition) is 4. The van der Waals surface area contributed by atoms with Gasteiger partial charge in [0.05, 0.1) is 5.52 Å². The second-order valence-electron chi connectivity index (χ2n) is 4.31. The van der Waals surface area contributed by atoms with Crippen molar-refractivity contribution in [3.05, 3.63) is 29.0 Å². The van der Waals surface area contributed by atoms with Crippen LogP contribution >= 0.6 is 15.9 Å². The predicted octanol–water partition coefficient (Wildman–Crippen LogP) is 3.15. The smallest absolute Gasteiger partial charge is 0.137 e. The molecule has 2 aromatic rings. The molecule has 1 aromatic heterocycles. The molecule has 0 spiro atoms. The van der Waals surface area contributed by atoms with Gasteiger partial charge in [-0.2, -0.15) is 0 Å². The molecular formula is C14H19BrN4. The summed E-state index contributed by atoms with van der Waals surface area (Å²) >= 11 is 3.52. The first-order valence-corrected chi connectivity index (χ1v) is 7.41. The van der Waals surface area contributed by atoms with Gasteiger partial charge in [0.25, 0.3) is 0 Å². The van der Waals surface area contributed by atoms with Gasteiger partial charge in [0.15, 0.2) is 0 Å². The first-order chi connectivity index (χ1) is 9.26. The lowest BCUT2D eigenvalue weighted by molar-refractivity contribution is 0.316. The number of likely N-dealkylation sites (N-methyl/N-ethyl adjacent to an activating group) is 1. The number of para-hydroxylation sites is 1. The van der Waals surface area contributed by atoms with Gasteiger partial charge in [0.2, 0.25) is 0 Å². The highest BCUT2D eigenvalue weighted by Gasteiger charge is 2.06. The third-order valence-corrected chi connectivity index (χ3v) is 3.87. The van der Waals surface area contributed by atoms with Crippen molar-refractivity contribution in [1.29, 1.82) is 0 Å². The van der Waals surface area contributed by atoms with E-state index in [4.69, 9.17) is 0 Å². The molecule has 0 fully saturated rings. The molecule has 19 heavy (non-hydrogen) atoms. The van der Waals surface area contributed by atoms with Gasteiger partial charge in [-0.15, -0.1) is 0 Å². The van der Waals surface area contributed by atoms with Crippen molar-refractivity contribution in [1.82, 2.24) is 14.9 Å². The molecule has 0 saturated heterocycles. The van der Waals surface area contributed by atoms with Gasteiger partial charge in [0, 0.05) is 22.9 Å². The third kappa shape index (κ3) is 3.42. The van der Waals surface area contributed by atoms with Crippen molar-refractivity contribution >= 4 is 32.7 Å². The minimum Gasteiger partial charge on any atom is -0.368 e. The molecule has 0 amide bonds. The van der Waals surface area contributed by atoms with Crippen LogP contribution in [0.15, 0.2) is 29.0 Å². The maximum Gasteiger partial charge on any atom is 0.137 e. The number of benzene rings is 1. The topological polar surface area (TPSA) is 41.0 Å². The zero-order chi connectivity index (χ0) is 13.7. The maximum atomic E-state index is 4.33. The Labute approximate surface area is 122 Å². The number of halogens is 1. The Kier molecular flexibility index (Phi) is 5.10. The second kappa shape index (κ2) is 6.82. The lowest BCUT2D eigenvalue weighted by atomic mass is 10.2. The van der Waals surface area contributed by atoms with Gasteiger partial charge in [-0.1, -0.05) is 19.9 Å². The van der Waals surface area contributed by atoms with Crippen LogP contribution in [-0.2, 0) is 0 Å². The number of nitrogens with one attached hydrogen (secondary N) is 1. The van der Waals surface area contributed by atoms with E-state index in [1.807, 2.05) is 18.2 Å². The Morgan fingerprint density at radius 2 is 2.00 bits per heavy atom. The van der Waals surface area contributed by atoms with Crippen LogP contribution in [-0.4, -0.2) is 41.0 Å². The second-order valence-corrected chi connectivity index (χ2v) is 5.17. The van der Waals surface area contributed by atoms with Crippen molar-refractivity contribution in [2.75, 3.05) is 31.5 Å². The van der Waals surface area contributed by atoms with Crippen LogP contribution < -0.4 is 5.32 Å². The average molecular weight is 323 g/mol. The molecule has 5 heteroatoms. The number of hydrogen-bond donors (Lipinski definition) is 1. The summed E-state index contributed by atoms with van der Waals surface area (Å²) in [6, 6.07) is 6.04. The lowest BCUT2D eigenvalue weighted by Gasteiger charge is -2.18. The fourth-order valence-corrected chi connectivity index (χ4v) is 2.53. The van der Waals surface area contributed by atoms with Gasteiger partial charge >= 0.3 is 0 Å². The number of anilines is 1. The molecule has 0 bridgehead atoms. The summed E-state index contributed by atoms with van der Waals surface area (Å²) in [6.07, 6.45) is 1.60. The molecule has 102 valence electrons. The van der Waals surface area contributed by atoms with E-state index >= 15 is 0 Å². The van der Waals surface area contributed by atoms with Crippen molar-refractivity contribution in [2.24, 2.45) is 0 Å².